The Balaban J connectivity index is 1.80. The average Bonchev–Trinajstić information content (AvgIpc) is 3.39. The first kappa shape index (κ1) is 33.3. The second-order valence-electron chi connectivity index (χ2n) is 11.3. The van der Waals surface area contributed by atoms with Crippen LogP contribution in [0.5, 0.6) is 0 Å². The summed E-state index contributed by atoms with van der Waals surface area (Å²) in [6.07, 6.45) is 4.12. The van der Waals surface area contributed by atoms with Crippen LogP contribution in [0.3, 0.4) is 0 Å². The van der Waals surface area contributed by atoms with Gasteiger partial charge in [-0.2, -0.15) is 0 Å². The molecule has 1 aromatic heterocycles. The highest BCUT2D eigenvalue weighted by Gasteiger charge is 2.31. The van der Waals surface area contributed by atoms with Crippen molar-refractivity contribution < 1.29 is 24.3 Å². The van der Waals surface area contributed by atoms with E-state index in [2.05, 4.69) is 20.9 Å². The van der Waals surface area contributed by atoms with Crippen molar-refractivity contribution in [3.63, 3.8) is 0 Å². The van der Waals surface area contributed by atoms with Crippen molar-refractivity contribution in [1.82, 2.24) is 20.9 Å². The summed E-state index contributed by atoms with van der Waals surface area (Å²) in [5, 5.41) is 18.9. The standard InChI is InChI=1S/C32H44N6O5/c1-20(2)16-26(30(40)38-28(32(42)43)17-21-10-4-3-5-11-21)37-31(41)27(36-29(39)24(34)13-8-9-15-33)18-22-19-35-25-14-7-6-12-23(22)25/h3-7,10-12,14,19-20,24,26-28,35H,8-9,13,15-18,33-34H2,1-2H3,(H,36,39)(H,37,41)(H,38,40)(H,42,43). The van der Waals surface area contributed by atoms with Crippen LogP contribution in [0.4, 0.5) is 0 Å². The summed E-state index contributed by atoms with van der Waals surface area (Å²) >= 11 is 0. The van der Waals surface area contributed by atoms with E-state index in [9.17, 15) is 24.3 Å². The minimum absolute atomic E-state index is 0.00563. The lowest BCUT2D eigenvalue weighted by Gasteiger charge is -2.26. The van der Waals surface area contributed by atoms with Gasteiger partial charge in [0.15, 0.2) is 0 Å². The highest BCUT2D eigenvalue weighted by molar-refractivity contribution is 5.95. The number of H-pyrrole nitrogens is 1. The Hall–Kier alpha value is -4.22. The molecule has 2 aromatic carbocycles. The molecule has 0 saturated heterocycles. The number of unbranched alkanes of at least 4 members (excludes halogenated alkanes) is 1. The summed E-state index contributed by atoms with van der Waals surface area (Å²) in [5.41, 5.74) is 14.1. The van der Waals surface area contributed by atoms with Gasteiger partial charge < -0.3 is 37.5 Å². The van der Waals surface area contributed by atoms with Crippen LogP contribution >= 0.6 is 0 Å². The SMILES string of the molecule is CC(C)CC(NC(=O)C(Cc1c[nH]c2ccccc12)NC(=O)C(N)CCCCN)C(=O)NC(Cc1ccccc1)C(=O)O. The van der Waals surface area contributed by atoms with Gasteiger partial charge >= 0.3 is 5.97 Å². The van der Waals surface area contributed by atoms with Gasteiger partial charge in [-0.25, -0.2) is 4.79 Å². The summed E-state index contributed by atoms with van der Waals surface area (Å²) in [6, 6.07) is 12.5. The lowest BCUT2D eigenvalue weighted by molar-refractivity contribution is -0.142. The molecule has 232 valence electrons. The molecular weight excluding hydrogens is 548 g/mol. The van der Waals surface area contributed by atoms with Crippen LogP contribution < -0.4 is 27.4 Å². The highest BCUT2D eigenvalue weighted by Crippen LogP contribution is 2.19. The maximum Gasteiger partial charge on any atom is 0.326 e. The quantitative estimate of drug-likeness (QED) is 0.117. The molecule has 1 heterocycles. The fourth-order valence-electron chi connectivity index (χ4n) is 4.95. The molecule has 0 aliphatic rings. The zero-order chi connectivity index (χ0) is 31.4. The fourth-order valence-corrected chi connectivity index (χ4v) is 4.95. The maximum atomic E-state index is 13.7. The molecule has 3 rings (SSSR count). The van der Waals surface area contributed by atoms with Crippen LogP contribution in [-0.2, 0) is 32.0 Å². The number of benzene rings is 2. The molecule has 9 N–H and O–H groups in total. The molecule has 4 unspecified atom stereocenters. The number of hydrogen-bond acceptors (Lipinski definition) is 6. The Morgan fingerprint density at radius 3 is 2.12 bits per heavy atom. The number of amides is 3. The van der Waals surface area contributed by atoms with E-state index in [-0.39, 0.29) is 25.2 Å². The first-order valence-corrected chi connectivity index (χ1v) is 14.8. The van der Waals surface area contributed by atoms with Gasteiger partial charge in [-0.3, -0.25) is 14.4 Å². The third-order valence-corrected chi connectivity index (χ3v) is 7.28. The van der Waals surface area contributed by atoms with Gasteiger partial charge in [0, 0.05) is 29.9 Å². The van der Waals surface area contributed by atoms with Crippen molar-refractivity contribution in [1.29, 1.82) is 0 Å². The Morgan fingerprint density at radius 1 is 0.814 bits per heavy atom. The number of carboxylic acid groups (broad SMARTS) is 1. The highest BCUT2D eigenvalue weighted by atomic mass is 16.4. The number of aromatic amines is 1. The van der Waals surface area contributed by atoms with E-state index in [4.69, 9.17) is 11.5 Å². The Kier molecular flexibility index (Phi) is 12.7. The van der Waals surface area contributed by atoms with Gasteiger partial charge in [-0.1, -0.05) is 68.8 Å². The molecule has 3 aromatic rings. The van der Waals surface area contributed by atoms with Crippen molar-refractivity contribution in [3.05, 3.63) is 71.9 Å². The number of fused-ring (bicyclic) bond motifs is 1. The van der Waals surface area contributed by atoms with E-state index in [0.29, 0.717) is 19.4 Å². The summed E-state index contributed by atoms with van der Waals surface area (Å²) in [5.74, 6) is -2.83. The molecule has 43 heavy (non-hydrogen) atoms. The van der Waals surface area contributed by atoms with Gasteiger partial charge in [0.05, 0.1) is 6.04 Å². The molecule has 0 radical (unpaired) electrons. The van der Waals surface area contributed by atoms with Crippen molar-refractivity contribution in [3.8, 4) is 0 Å². The first-order valence-electron chi connectivity index (χ1n) is 14.8. The van der Waals surface area contributed by atoms with Crippen molar-refractivity contribution in [2.75, 3.05) is 6.54 Å². The van der Waals surface area contributed by atoms with Crippen molar-refractivity contribution in [2.24, 2.45) is 17.4 Å². The van der Waals surface area contributed by atoms with E-state index in [0.717, 1.165) is 28.5 Å². The first-order chi connectivity index (χ1) is 20.6. The lowest BCUT2D eigenvalue weighted by Crippen LogP contribution is -2.58. The number of carbonyl (C=O) groups excluding carboxylic acids is 3. The molecule has 3 amide bonds. The number of carboxylic acids is 1. The Bertz CT molecular complexity index is 1360. The van der Waals surface area contributed by atoms with E-state index in [1.807, 2.05) is 44.2 Å². The summed E-state index contributed by atoms with van der Waals surface area (Å²) in [7, 11) is 0. The molecule has 11 heteroatoms. The summed E-state index contributed by atoms with van der Waals surface area (Å²) in [6.45, 7) is 4.29. The number of rotatable bonds is 17. The average molecular weight is 593 g/mol. The van der Waals surface area contributed by atoms with E-state index in [1.165, 1.54) is 0 Å². The van der Waals surface area contributed by atoms with Crippen LogP contribution in [0.15, 0.2) is 60.8 Å². The van der Waals surface area contributed by atoms with E-state index < -0.39 is 47.9 Å². The molecule has 0 spiro atoms. The van der Waals surface area contributed by atoms with Gasteiger partial charge in [0.1, 0.15) is 18.1 Å². The van der Waals surface area contributed by atoms with Crippen molar-refractivity contribution >= 4 is 34.6 Å². The number of aromatic nitrogens is 1. The monoisotopic (exact) mass is 592 g/mol. The smallest absolute Gasteiger partial charge is 0.326 e. The Morgan fingerprint density at radius 2 is 1.44 bits per heavy atom. The fraction of sp³-hybridized carbons (Fsp3) is 0.438. The van der Waals surface area contributed by atoms with Crippen molar-refractivity contribution in [2.45, 2.75) is 76.5 Å². The number of carbonyl (C=O) groups is 4. The molecule has 0 aliphatic heterocycles. The minimum atomic E-state index is -1.19. The summed E-state index contributed by atoms with van der Waals surface area (Å²) < 4.78 is 0. The van der Waals surface area contributed by atoms with Gasteiger partial charge in [0.25, 0.3) is 0 Å². The van der Waals surface area contributed by atoms with Crippen LogP contribution in [0.25, 0.3) is 10.9 Å². The van der Waals surface area contributed by atoms with Gasteiger partial charge in [-0.05, 0) is 48.9 Å². The number of nitrogens with two attached hydrogens (primary N) is 2. The lowest BCUT2D eigenvalue weighted by atomic mass is 9.99. The minimum Gasteiger partial charge on any atom is -0.480 e. The van der Waals surface area contributed by atoms with Crippen LogP contribution in [0, 0.1) is 5.92 Å². The third-order valence-electron chi connectivity index (χ3n) is 7.28. The number of hydrogen-bond donors (Lipinski definition) is 7. The molecule has 4 atom stereocenters. The normalized spacial score (nSPS) is 14.1. The number of para-hydroxylation sites is 1. The zero-order valence-electron chi connectivity index (χ0n) is 24.8. The van der Waals surface area contributed by atoms with E-state index >= 15 is 0 Å². The van der Waals surface area contributed by atoms with Gasteiger partial charge in [-0.15, -0.1) is 0 Å². The second kappa shape index (κ2) is 16.4. The molecule has 11 nitrogen and oxygen atoms in total. The summed E-state index contributed by atoms with van der Waals surface area (Å²) in [4.78, 5) is 55.4. The van der Waals surface area contributed by atoms with E-state index in [1.54, 1.807) is 30.5 Å². The van der Waals surface area contributed by atoms with Crippen LogP contribution in [0.1, 0.15) is 50.7 Å². The predicted molar refractivity (Wildman–Crippen MR) is 166 cm³/mol. The molecule has 0 saturated carbocycles. The Labute approximate surface area is 252 Å². The van der Waals surface area contributed by atoms with Gasteiger partial charge in [0.2, 0.25) is 17.7 Å². The zero-order valence-corrected chi connectivity index (χ0v) is 24.8. The molecule has 0 bridgehead atoms. The number of aliphatic carboxylic acids is 1. The molecular formula is C32H44N6O5. The third kappa shape index (κ3) is 10.2. The largest absolute Gasteiger partial charge is 0.480 e. The maximum absolute atomic E-state index is 13.7. The predicted octanol–water partition coefficient (Wildman–Crippen LogP) is 1.99. The number of nitrogens with one attached hydrogen (secondary N) is 4. The topological polar surface area (TPSA) is 192 Å². The molecule has 0 fully saturated rings. The van der Waals surface area contributed by atoms with Crippen LogP contribution in [0.2, 0.25) is 0 Å². The van der Waals surface area contributed by atoms with Crippen LogP contribution in [-0.4, -0.2) is 64.5 Å². The molecule has 0 aliphatic carbocycles. The second-order valence-corrected chi connectivity index (χ2v) is 11.3.